The van der Waals surface area contributed by atoms with Crippen molar-refractivity contribution in [3.05, 3.63) is 29.6 Å². The van der Waals surface area contributed by atoms with Gasteiger partial charge < -0.3 is 19.7 Å². The van der Waals surface area contributed by atoms with Crippen molar-refractivity contribution < 1.29 is 36.6 Å². The lowest BCUT2D eigenvalue weighted by Gasteiger charge is -2.45. The van der Waals surface area contributed by atoms with Crippen LogP contribution in [0.1, 0.15) is 38.2 Å². The first kappa shape index (κ1) is 21.7. The highest BCUT2D eigenvalue weighted by atomic mass is 19.4. The third-order valence-corrected chi connectivity index (χ3v) is 6.55. The number of carbonyl (C=O) groups is 2. The fourth-order valence-electron chi connectivity index (χ4n) is 4.74. The molecule has 3 fully saturated rings. The summed E-state index contributed by atoms with van der Waals surface area (Å²) in [6.07, 6.45) is -3.35. The van der Waals surface area contributed by atoms with E-state index in [4.69, 9.17) is 9.47 Å². The van der Waals surface area contributed by atoms with Crippen molar-refractivity contribution in [1.29, 1.82) is 0 Å². The van der Waals surface area contributed by atoms with Gasteiger partial charge in [-0.25, -0.2) is 9.18 Å². The van der Waals surface area contributed by atoms with Gasteiger partial charge in [0.2, 0.25) is 5.91 Å². The summed E-state index contributed by atoms with van der Waals surface area (Å²) in [5.41, 5.74) is -1.54. The Hall–Kier alpha value is -2.52. The van der Waals surface area contributed by atoms with Crippen LogP contribution in [0.5, 0.6) is 5.75 Å². The lowest BCUT2D eigenvalue weighted by atomic mass is 9.68. The SMILES string of the molecule is CC(Oc1ccc(F)cc1C(F)(F)F)C1CCN(C(=O)C2CC3(COC(=O)N3)C2)CC1. The zero-order chi connectivity index (χ0) is 22.4. The van der Waals surface area contributed by atoms with E-state index in [2.05, 4.69) is 5.32 Å². The highest BCUT2D eigenvalue weighted by molar-refractivity contribution is 5.81. The van der Waals surface area contributed by atoms with Gasteiger partial charge in [-0.05, 0) is 56.7 Å². The molecule has 4 rings (SSSR count). The van der Waals surface area contributed by atoms with E-state index in [0.717, 1.165) is 12.1 Å². The van der Waals surface area contributed by atoms with E-state index >= 15 is 0 Å². The first-order chi connectivity index (χ1) is 14.6. The van der Waals surface area contributed by atoms with Gasteiger partial charge in [0.25, 0.3) is 0 Å². The molecule has 1 N–H and O–H groups in total. The van der Waals surface area contributed by atoms with Crippen LogP contribution in [0.2, 0.25) is 0 Å². The van der Waals surface area contributed by atoms with Crippen molar-refractivity contribution in [2.24, 2.45) is 11.8 Å². The van der Waals surface area contributed by atoms with E-state index < -0.39 is 35.3 Å². The smallest absolute Gasteiger partial charge is 0.420 e. The average molecular weight is 444 g/mol. The van der Waals surface area contributed by atoms with E-state index in [1.807, 2.05) is 0 Å². The fraction of sp³-hybridized carbons (Fsp3) is 0.619. The number of nitrogens with zero attached hydrogens (tertiary/aromatic N) is 1. The number of alkyl carbamates (subject to hydrolysis) is 1. The zero-order valence-electron chi connectivity index (χ0n) is 17.0. The second-order valence-corrected chi connectivity index (χ2v) is 8.71. The lowest BCUT2D eigenvalue weighted by molar-refractivity contribution is -0.143. The maximum atomic E-state index is 13.3. The molecule has 3 aliphatic rings. The molecule has 0 bridgehead atoms. The Morgan fingerprint density at radius 2 is 1.97 bits per heavy atom. The summed E-state index contributed by atoms with van der Waals surface area (Å²) in [4.78, 5) is 25.7. The third-order valence-electron chi connectivity index (χ3n) is 6.55. The number of nitrogens with one attached hydrogen (secondary N) is 1. The molecule has 0 radical (unpaired) electrons. The molecule has 2 aliphatic heterocycles. The standard InChI is InChI=1S/C21H24F4N2O4/c1-12(31-17-3-2-15(22)8-16(17)21(23,24)25)13-4-6-27(7-5-13)18(28)14-9-20(10-14)11-30-19(29)26-20/h2-3,8,12-14H,4-7,9-11H2,1H3,(H,26,29). The number of amides is 2. The van der Waals surface area contributed by atoms with Crippen LogP contribution in [0.15, 0.2) is 18.2 Å². The highest BCUT2D eigenvalue weighted by Gasteiger charge is 2.53. The van der Waals surface area contributed by atoms with Gasteiger partial charge in [-0.2, -0.15) is 13.2 Å². The van der Waals surface area contributed by atoms with Gasteiger partial charge in [-0.1, -0.05) is 0 Å². The van der Waals surface area contributed by atoms with Crippen LogP contribution in [0.25, 0.3) is 0 Å². The molecule has 1 saturated carbocycles. The first-order valence-electron chi connectivity index (χ1n) is 10.3. The number of hydrogen-bond acceptors (Lipinski definition) is 4. The summed E-state index contributed by atoms with van der Waals surface area (Å²) < 4.78 is 63.3. The molecule has 1 aromatic rings. The Labute approximate surface area is 176 Å². The minimum atomic E-state index is -4.71. The van der Waals surface area contributed by atoms with Crippen LogP contribution in [-0.4, -0.2) is 48.2 Å². The molecular formula is C21H24F4N2O4. The Kier molecular flexibility index (Phi) is 5.51. The monoisotopic (exact) mass is 444 g/mol. The Morgan fingerprint density at radius 3 is 2.55 bits per heavy atom. The average Bonchev–Trinajstić information content (AvgIpc) is 3.09. The van der Waals surface area contributed by atoms with Gasteiger partial charge in [-0.3, -0.25) is 4.79 Å². The molecule has 1 aromatic carbocycles. The molecular weight excluding hydrogens is 420 g/mol. The molecule has 2 heterocycles. The maximum absolute atomic E-state index is 13.3. The second-order valence-electron chi connectivity index (χ2n) is 8.71. The maximum Gasteiger partial charge on any atom is 0.420 e. The number of alkyl halides is 3. The van der Waals surface area contributed by atoms with Crippen LogP contribution < -0.4 is 10.1 Å². The first-order valence-corrected chi connectivity index (χ1v) is 10.3. The van der Waals surface area contributed by atoms with Gasteiger partial charge in [0.1, 0.15) is 23.7 Å². The molecule has 1 spiro atoms. The number of ether oxygens (including phenoxy) is 2. The molecule has 0 aromatic heterocycles. The molecule has 1 unspecified atom stereocenters. The number of carbonyl (C=O) groups excluding carboxylic acids is 2. The molecule has 1 atom stereocenters. The lowest BCUT2D eigenvalue weighted by Crippen LogP contribution is -2.58. The molecule has 10 heteroatoms. The predicted molar refractivity (Wildman–Crippen MR) is 101 cm³/mol. The molecule has 2 amide bonds. The van der Waals surface area contributed by atoms with Crippen LogP contribution in [0.3, 0.4) is 0 Å². The van der Waals surface area contributed by atoms with Gasteiger partial charge in [0.15, 0.2) is 0 Å². The van der Waals surface area contributed by atoms with E-state index in [-0.39, 0.29) is 30.1 Å². The van der Waals surface area contributed by atoms with Crippen LogP contribution in [0.4, 0.5) is 22.4 Å². The van der Waals surface area contributed by atoms with E-state index in [1.54, 1.807) is 11.8 Å². The Morgan fingerprint density at radius 1 is 1.29 bits per heavy atom. The van der Waals surface area contributed by atoms with E-state index in [9.17, 15) is 27.2 Å². The van der Waals surface area contributed by atoms with Crippen molar-refractivity contribution in [1.82, 2.24) is 10.2 Å². The van der Waals surface area contributed by atoms with Gasteiger partial charge in [0, 0.05) is 19.0 Å². The second kappa shape index (κ2) is 7.87. The molecule has 6 nitrogen and oxygen atoms in total. The normalized spacial score (nSPS) is 27.5. The predicted octanol–water partition coefficient (Wildman–Crippen LogP) is 3.74. The number of cyclic esters (lactones) is 1. The summed E-state index contributed by atoms with van der Waals surface area (Å²) in [5, 5.41) is 2.77. The number of likely N-dealkylation sites (tertiary alicyclic amines) is 1. The van der Waals surface area contributed by atoms with Crippen molar-refractivity contribution in [3.63, 3.8) is 0 Å². The van der Waals surface area contributed by atoms with Gasteiger partial charge in [0.05, 0.1) is 11.6 Å². The molecule has 31 heavy (non-hydrogen) atoms. The zero-order valence-corrected chi connectivity index (χ0v) is 17.0. The summed E-state index contributed by atoms with van der Waals surface area (Å²) in [5.74, 6) is -1.50. The minimum absolute atomic E-state index is 0.0227. The highest BCUT2D eigenvalue weighted by Crippen LogP contribution is 2.42. The van der Waals surface area contributed by atoms with Crippen molar-refractivity contribution >= 4 is 12.0 Å². The van der Waals surface area contributed by atoms with Crippen LogP contribution in [0, 0.1) is 17.7 Å². The van der Waals surface area contributed by atoms with Crippen molar-refractivity contribution in [2.75, 3.05) is 19.7 Å². The number of rotatable bonds is 4. The fourth-order valence-corrected chi connectivity index (χ4v) is 4.74. The van der Waals surface area contributed by atoms with Crippen LogP contribution >= 0.6 is 0 Å². The molecule has 2 saturated heterocycles. The minimum Gasteiger partial charge on any atom is -0.490 e. The van der Waals surface area contributed by atoms with Crippen molar-refractivity contribution in [2.45, 2.75) is 50.4 Å². The largest absolute Gasteiger partial charge is 0.490 e. The van der Waals surface area contributed by atoms with E-state index in [1.165, 1.54) is 0 Å². The van der Waals surface area contributed by atoms with Crippen LogP contribution in [-0.2, 0) is 15.7 Å². The summed E-state index contributed by atoms with van der Waals surface area (Å²) >= 11 is 0. The van der Waals surface area contributed by atoms with Crippen molar-refractivity contribution in [3.8, 4) is 5.75 Å². The quantitative estimate of drug-likeness (QED) is 0.719. The molecule has 1 aliphatic carbocycles. The Balaban J connectivity index is 1.29. The van der Waals surface area contributed by atoms with E-state index in [0.29, 0.717) is 44.8 Å². The summed E-state index contributed by atoms with van der Waals surface area (Å²) in [6, 6.07) is 2.39. The topological polar surface area (TPSA) is 67.9 Å². The Bertz CT molecular complexity index is 861. The summed E-state index contributed by atoms with van der Waals surface area (Å²) in [7, 11) is 0. The van der Waals surface area contributed by atoms with Gasteiger partial charge in [-0.15, -0.1) is 0 Å². The number of hydrogen-bond donors (Lipinski definition) is 1. The number of piperidine rings is 1. The third kappa shape index (κ3) is 4.43. The van der Waals surface area contributed by atoms with Gasteiger partial charge >= 0.3 is 12.3 Å². The number of benzene rings is 1. The number of halogens is 4. The molecule has 170 valence electrons. The summed E-state index contributed by atoms with van der Waals surface area (Å²) in [6.45, 7) is 2.98.